The van der Waals surface area contributed by atoms with Crippen molar-refractivity contribution in [2.75, 3.05) is 0 Å². The zero-order valence-electron chi connectivity index (χ0n) is 7.77. The number of rotatable bonds is 8. The Morgan fingerprint density at radius 2 is 1.67 bits per heavy atom. The van der Waals surface area contributed by atoms with Gasteiger partial charge in [-0.05, 0) is 32.1 Å². The molecule has 0 spiro atoms. The van der Waals surface area contributed by atoms with Gasteiger partial charge in [0.2, 0.25) is 0 Å². The molecule has 0 aliphatic carbocycles. The van der Waals surface area contributed by atoms with Crippen LogP contribution in [-0.2, 0) is 0 Å². The number of unbranched alkanes of at least 4 members (excludes halogenated alkanes) is 2. The van der Waals surface area contributed by atoms with Gasteiger partial charge < -0.3 is 0 Å². The second kappa shape index (κ2) is 9.05. The molecule has 0 nitrogen and oxygen atoms in total. The molecule has 0 heterocycles. The van der Waals surface area contributed by atoms with Crippen molar-refractivity contribution in [3.05, 3.63) is 25.3 Å². The van der Waals surface area contributed by atoms with Gasteiger partial charge in [-0.15, -0.1) is 13.2 Å². The molecule has 0 rings (SSSR count). The third-order valence-corrected chi connectivity index (χ3v) is 2.78. The monoisotopic (exact) mass is 230 g/mol. The highest BCUT2D eigenvalue weighted by Crippen LogP contribution is 2.16. The molecule has 70 valence electrons. The van der Waals surface area contributed by atoms with E-state index in [0.29, 0.717) is 4.83 Å². The Morgan fingerprint density at radius 3 is 2.25 bits per heavy atom. The van der Waals surface area contributed by atoms with Gasteiger partial charge in [-0.3, -0.25) is 0 Å². The summed E-state index contributed by atoms with van der Waals surface area (Å²) in [5, 5.41) is 0. The minimum atomic E-state index is 0.681. The number of alkyl halides is 1. The van der Waals surface area contributed by atoms with Gasteiger partial charge in [0.1, 0.15) is 0 Å². The number of allylic oxidation sites excluding steroid dienone is 2. The summed E-state index contributed by atoms with van der Waals surface area (Å²) < 4.78 is 0. The van der Waals surface area contributed by atoms with Crippen LogP contribution in [0.3, 0.4) is 0 Å². The van der Waals surface area contributed by atoms with Crippen LogP contribution < -0.4 is 0 Å². The van der Waals surface area contributed by atoms with Crippen LogP contribution in [0.5, 0.6) is 0 Å². The van der Waals surface area contributed by atoms with Gasteiger partial charge in [0.05, 0.1) is 0 Å². The molecule has 0 amide bonds. The summed E-state index contributed by atoms with van der Waals surface area (Å²) in [5.74, 6) is 0. The molecule has 0 N–H and O–H groups in total. The Labute approximate surface area is 84.9 Å². The average molecular weight is 231 g/mol. The minimum absolute atomic E-state index is 0.681. The molecule has 0 aromatic carbocycles. The lowest BCUT2D eigenvalue weighted by atomic mass is 10.1. The summed E-state index contributed by atoms with van der Waals surface area (Å²) >= 11 is 3.66. The van der Waals surface area contributed by atoms with Crippen LogP contribution in [0.1, 0.15) is 38.5 Å². The Kier molecular flexibility index (Phi) is 9.02. The van der Waals surface area contributed by atoms with E-state index in [1.165, 1.54) is 25.7 Å². The van der Waals surface area contributed by atoms with E-state index < -0.39 is 0 Å². The lowest BCUT2D eigenvalue weighted by molar-refractivity contribution is 0.642. The predicted molar refractivity (Wildman–Crippen MR) is 60.8 cm³/mol. The molecule has 0 aromatic heterocycles. The van der Waals surface area contributed by atoms with E-state index in [1.807, 2.05) is 12.2 Å². The van der Waals surface area contributed by atoms with Crippen molar-refractivity contribution in [3.8, 4) is 0 Å². The third kappa shape index (κ3) is 8.06. The molecule has 1 heteroatoms. The Bertz CT molecular complexity index is 118. The average Bonchev–Trinajstić information content (AvgIpc) is 2.09. The topological polar surface area (TPSA) is 0 Å². The first kappa shape index (κ1) is 12.0. The molecule has 0 radical (unpaired) electrons. The number of hydrogen-bond donors (Lipinski definition) is 0. The van der Waals surface area contributed by atoms with Crippen LogP contribution in [-0.4, -0.2) is 4.83 Å². The van der Waals surface area contributed by atoms with Crippen LogP contribution in [0.2, 0.25) is 0 Å². The Hall–Kier alpha value is -0.0400. The normalized spacial score (nSPS) is 12.4. The SMILES string of the molecule is C=CCCCCC(Br)CCC=C. The summed E-state index contributed by atoms with van der Waals surface area (Å²) in [6, 6.07) is 0. The van der Waals surface area contributed by atoms with Gasteiger partial charge >= 0.3 is 0 Å². The lowest BCUT2D eigenvalue weighted by Gasteiger charge is -2.06. The van der Waals surface area contributed by atoms with Gasteiger partial charge in [0, 0.05) is 4.83 Å². The minimum Gasteiger partial charge on any atom is -0.103 e. The summed E-state index contributed by atoms with van der Waals surface area (Å²) in [6.07, 6.45) is 11.3. The van der Waals surface area contributed by atoms with Crippen molar-refractivity contribution >= 4 is 15.9 Å². The molecule has 0 bridgehead atoms. The maximum Gasteiger partial charge on any atom is 0.0148 e. The first-order chi connectivity index (χ1) is 5.81. The van der Waals surface area contributed by atoms with Crippen molar-refractivity contribution in [2.24, 2.45) is 0 Å². The molecule has 12 heavy (non-hydrogen) atoms. The fourth-order valence-corrected chi connectivity index (χ4v) is 1.69. The van der Waals surface area contributed by atoms with Crippen LogP contribution in [0.25, 0.3) is 0 Å². The molecule has 0 aromatic rings. The molecule has 0 saturated carbocycles. The molecule has 0 aliphatic rings. The van der Waals surface area contributed by atoms with Crippen molar-refractivity contribution in [3.63, 3.8) is 0 Å². The fourth-order valence-electron chi connectivity index (χ4n) is 1.10. The van der Waals surface area contributed by atoms with E-state index in [9.17, 15) is 0 Å². The molecule has 0 fully saturated rings. The second-order valence-electron chi connectivity index (χ2n) is 3.04. The molecular weight excluding hydrogens is 212 g/mol. The summed E-state index contributed by atoms with van der Waals surface area (Å²) in [4.78, 5) is 0.681. The molecular formula is C11H19Br. The summed E-state index contributed by atoms with van der Waals surface area (Å²) in [7, 11) is 0. The van der Waals surface area contributed by atoms with Crippen molar-refractivity contribution in [1.29, 1.82) is 0 Å². The van der Waals surface area contributed by atoms with Gasteiger partial charge in [0.15, 0.2) is 0 Å². The highest BCUT2D eigenvalue weighted by molar-refractivity contribution is 9.09. The molecule has 1 atom stereocenters. The van der Waals surface area contributed by atoms with Crippen LogP contribution in [0.4, 0.5) is 0 Å². The van der Waals surface area contributed by atoms with Crippen molar-refractivity contribution in [2.45, 2.75) is 43.4 Å². The standard InChI is InChI=1S/C11H19Br/c1-3-5-7-8-10-11(12)9-6-4-2/h3-4,11H,1-2,5-10H2. The van der Waals surface area contributed by atoms with Gasteiger partial charge in [-0.2, -0.15) is 0 Å². The summed E-state index contributed by atoms with van der Waals surface area (Å²) in [5.41, 5.74) is 0. The van der Waals surface area contributed by atoms with Crippen molar-refractivity contribution < 1.29 is 0 Å². The van der Waals surface area contributed by atoms with E-state index in [1.54, 1.807) is 0 Å². The third-order valence-electron chi connectivity index (χ3n) is 1.86. The zero-order valence-corrected chi connectivity index (χ0v) is 9.35. The predicted octanol–water partition coefficient (Wildman–Crippen LogP) is 4.46. The van der Waals surface area contributed by atoms with E-state index in [0.717, 1.165) is 12.8 Å². The first-order valence-electron chi connectivity index (χ1n) is 4.67. The molecule has 0 saturated heterocycles. The number of halogens is 1. The first-order valence-corrected chi connectivity index (χ1v) is 5.58. The molecule has 1 unspecified atom stereocenters. The van der Waals surface area contributed by atoms with Crippen LogP contribution in [0, 0.1) is 0 Å². The van der Waals surface area contributed by atoms with E-state index in [4.69, 9.17) is 0 Å². The smallest absolute Gasteiger partial charge is 0.0148 e. The van der Waals surface area contributed by atoms with E-state index in [2.05, 4.69) is 29.1 Å². The zero-order chi connectivity index (χ0) is 9.23. The largest absolute Gasteiger partial charge is 0.103 e. The van der Waals surface area contributed by atoms with Crippen molar-refractivity contribution in [1.82, 2.24) is 0 Å². The Morgan fingerprint density at radius 1 is 1.00 bits per heavy atom. The van der Waals surface area contributed by atoms with Gasteiger partial charge in [0.25, 0.3) is 0 Å². The van der Waals surface area contributed by atoms with E-state index >= 15 is 0 Å². The number of hydrogen-bond acceptors (Lipinski definition) is 0. The van der Waals surface area contributed by atoms with Crippen LogP contribution in [0.15, 0.2) is 25.3 Å². The molecule has 0 aliphatic heterocycles. The van der Waals surface area contributed by atoms with E-state index in [-0.39, 0.29) is 0 Å². The highest BCUT2D eigenvalue weighted by Gasteiger charge is 2.01. The summed E-state index contributed by atoms with van der Waals surface area (Å²) in [6.45, 7) is 7.41. The quantitative estimate of drug-likeness (QED) is 0.328. The maximum atomic E-state index is 3.71. The van der Waals surface area contributed by atoms with Gasteiger partial charge in [-0.1, -0.05) is 34.5 Å². The Balaban J connectivity index is 3.12. The maximum absolute atomic E-state index is 3.71. The highest BCUT2D eigenvalue weighted by atomic mass is 79.9. The van der Waals surface area contributed by atoms with Gasteiger partial charge in [-0.25, -0.2) is 0 Å². The lowest BCUT2D eigenvalue weighted by Crippen LogP contribution is -1.96. The fraction of sp³-hybridized carbons (Fsp3) is 0.636. The second-order valence-corrected chi connectivity index (χ2v) is 4.33. The van der Waals surface area contributed by atoms with Crippen LogP contribution >= 0.6 is 15.9 Å².